The monoisotopic (exact) mass is 380 g/mol. The van der Waals surface area contributed by atoms with Gasteiger partial charge in [-0.25, -0.2) is 9.97 Å². The van der Waals surface area contributed by atoms with Gasteiger partial charge in [-0.3, -0.25) is 10.1 Å². The Morgan fingerprint density at radius 1 is 1.26 bits per heavy atom. The fourth-order valence-electron chi connectivity index (χ4n) is 3.50. The summed E-state index contributed by atoms with van der Waals surface area (Å²) in [5, 5.41) is 13.1. The summed E-state index contributed by atoms with van der Waals surface area (Å²) in [5.41, 5.74) is 3.20. The minimum Gasteiger partial charge on any atom is -0.349 e. The van der Waals surface area contributed by atoms with Gasteiger partial charge < -0.3 is 4.90 Å². The molecule has 0 spiro atoms. The molecule has 0 saturated heterocycles. The zero-order valence-electron chi connectivity index (χ0n) is 15.3. The molecule has 27 heavy (non-hydrogen) atoms. The van der Waals surface area contributed by atoms with Gasteiger partial charge in [-0.15, -0.1) is 11.3 Å². The highest BCUT2D eigenvalue weighted by Crippen LogP contribution is 2.36. The molecule has 2 aromatic heterocycles. The molecule has 0 bridgehead atoms. The summed E-state index contributed by atoms with van der Waals surface area (Å²) in [6.07, 6.45) is 1.83. The van der Waals surface area contributed by atoms with Crippen molar-refractivity contribution in [2.45, 2.75) is 32.7 Å². The maximum atomic E-state index is 10.9. The van der Waals surface area contributed by atoms with Crippen LogP contribution >= 0.6 is 11.3 Å². The molecule has 0 radical (unpaired) electrons. The molecule has 7 heteroatoms. The van der Waals surface area contributed by atoms with Gasteiger partial charge in [0.1, 0.15) is 5.82 Å². The number of fused-ring (bicyclic) bond motifs is 1. The Balaban J connectivity index is 1.72. The molecule has 1 aliphatic heterocycles. The summed E-state index contributed by atoms with van der Waals surface area (Å²) >= 11 is 1.82. The van der Waals surface area contributed by atoms with E-state index in [9.17, 15) is 10.1 Å². The summed E-state index contributed by atoms with van der Waals surface area (Å²) in [4.78, 5) is 23.7. The van der Waals surface area contributed by atoms with Gasteiger partial charge in [0.15, 0.2) is 5.82 Å². The van der Waals surface area contributed by atoms with E-state index in [-0.39, 0.29) is 11.7 Å². The fraction of sp³-hybridized carbons (Fsp3) is 0.300. The summed E-state index contributed by atoms with van der Waals surface area (Å²) in [5.74, 6) is 1.53. The quantitative estimate of drug-likeness (QED) is 0.480. The molecule has 1 aromatic carbocycles. The molecule has 1 atom stereocenters. The first kappa shape index (κ1) is 17.6. The van der Waals surface area contributed by atoms with Crippen LogP contribution in [0.15, 0.2) is 41.8 Å². The van der Waals surface area contributed by atoms with Crippen molar-refractivity contribution in [1.82, 2.24) is 9.97 Å². The number of aromatic nitrogens is 2. The lowest BCUT2D eigenvalue weighted by Gasteiger charge is -2.35. The van der Waals surface area contributed by atoms with Crippen molar-refractivity contribution in [2.75, 3.05) is 11.4 Å². The van der Waals surface area contributed by atoms with Crippen molar-refractivity contribution in [1.29, 1.82) is 0 Å². The van der Waals surface area contributed by atoms with Crippen LogP contribution in [0.25, 0.3) is 11.4 Å². The van der Waals surface area contributed by atoms with E-state index >= 15 is 0 Å². The molecule has 0 aliphatic carbocycles. The molecule has 3 aromatic rings. The number of hydrogen-bond acceptors (Lipinski definition) is 6. The lowest BCUT2D eigenvalue weighted by molar-refractivity contribution is -0.384. The van der Waals surface area contributed by atoms with E-state index in [4.69, 9.17) is 4.98 Å². The van der Waals surface area contributed by atoms with Crippen LogP contribution in [0.3, 0.4) is 0 Å². The Morgan fingerprint density at radius 2 is 2.04 bits per heavy atom. The number of nitro groups is 1. The minimum atomic E-state index is -0.396. The second-order valence-electron chi connectivity index (χ2n) is 6.62. The van der Waals surface area contributed by atoms with E-state index in [1.165, 1.54) is 22.6 Å². The number of benzene rings is 1. The molecule has 6 nitrogen and oxygen atoms in total. The van der Waals surface area contributed by atoms with E-state index < -0.39 is 4.92 Å². The van der Waals surface area contributed by atoms with E-state index in [1.54, 1.807) is 12.1 Å². The number of hydrogen-bond donors (Lipinski definition) is 0. The topological polar surface area (TPSA) is 72.2 Å². The minimum absolute atomic E-state index is 0.0697. The summed E-state index contributed by atoms with van der Waals surface area (Å²) in [6, 6.07) is 11.0. The fourth-order valence-corrected chi connectivity index (χ4v) is 4.46. The Labute approximate surface area is 161 Å². The maximum absolute atomic E-state index is 10.9. The van der Waals surface area contributed by atoms with Gasteiger partial charge in [0.05, 0.1) is 11.0 Å². The van der Waals surface area contributed by atoms with Crippen LogP contribution in [0.2, 0.25) is 0 Å². The molecule has 4 rings (SSSR count). The third kappa shape index (κ3) is 3.30. The maximum Gasteiger partial charge on any atom is 0.269 e. The number of rotatable bonds is 4. The lowest BCUT2D eigenvalue weighted by Crippen LogP contribution is -2.34. The predicted molar refractivity (Wildman–Crippen MR) is 107 cm³/mol. The first-order chi connectivity index (χ1) is 13.1. The first-order valence-electron chi connectivity index (χ1n) is 9.02. The zero-order chi connectivity index (χ0) is 19.0. The van der Waals surface area contributed by atoms with Crippen molar-refractivity contribution < 1.29 is 4.92 Å². The molecule has 0 amide bonds. The van der Waals surface area contributed by atoms with Gasteiger partial charge in [-0.1, -0.05) is 6.92 Å². The summed E-state index contributed by atoms with van der Waals surface area (Å²) in [7, 11) is 0. The lowest BCUT2D eigenvalue weighted by atomic mass is 10.0. The molecule has 138 valence electrons. The van der Waals surface area contributed by atoms with Crippen LogP contribution in [0.4, 0.5) is 11.5 Å². The summed E-state index contributed by atoms with van der Waals surface area (Å²) in [6.45, 7) is 5.21. The Morgan fingerprint density at radius 3 is 2.74 bits per heavy atom. The second-order valence-corrected chi connectivity index (χ2v) is 7.62. The van der Waals surface area contributed by atoms with E-state index in [2.05, 4.69) is 41.2 Å². The number of aryl methyl sites for hydroxylation is 1. The van der Waals surface area contributed by atoms with Crippen molar-refractivity contribution in [3.8, 4) is 11.4 Å². The van der Waals surface area contributed by atoms with Crippen LogP contribution in [0.1, 0.15) is 36.0 Å². The number of nitrogens with zero attached hydrogens (tertiary/aromatic N) is 4. The highest BCUT2D eigenvalue weighted by molar-refractivity contribution is 7.10. The smallest absolute Gasteiger partial charge is 0.269 e. The number of nitro benzene ring substituents is 1. The normalized spacial score (nSPS) is 16.2. The zero-order valence-corrected chi connectivity index (χ0v) is 16.1. The van der Waals surface area contributed by atoms with Crippen LogP contribution in [0, 0.1) is 10.1 Å². The van der Waals surface area contributed by atoms with Crippen molar-refractivity contribution >= 4 is 22.8 Å². The van der Waals surface area contributed by atoms with Gasteiger partial charge in [0.25, 0.3) is 5.69 Å². The Hall–Kier alpha value is -2.80. The standard InChI is InChI=1S/C20H20N4O2S/c1-3-15-12-19(23-10-8-18-17(13(23)2)9-11-27-18)22-20(21-15)14-4-6-16(7-5-14)24(25)26/h4-7,9,11-13H,3,8,10H2,1-2H3/t13-/m1/s1. The van der Waals surface area contributed by atoms with E-state index in [0.29, 0.717) is 5.82 Å². The van der Waals surface area contributed by atoms with Gasteiger partial charge in [0.2, 0.25) is 0 Å². The van der Waals surface area contributed by atoms with Crippen LogP contribution < -0.4 is 4.90 Å². The van der Waals surface area contributed by atoms with Crippen molar-refractivity contribution in [3.63, 3.8) is 0 Å². The second kappa shape index (κ2) is 7.08. The van der Waals surface area contributed by atoms with Crippen LogP contribution in [-0.2, 0) is 12.8 Å². The highest BCUT2D eigenvalue weighted by Gasteiger charge is 2.26. The number of thiophene rings is 1. The molecule has 0 saturated carbocycles. The van der Waals surface area contributed by atoms with Crippen molar-refractivity contribution in [2.24, 2.45) is 0 Å². The Bertz CT molecular complexity index is 984. The average Bonchev–Trinajstić information content (AvgIpc) is 3.17. The molecule has 0 unspecified atom stereocenters. The van der Waals surface area contributed by atoms with E-state index in [0.717, 1.165) is 36.5 Å². The molecule has 0 N–H and O–H groups in total. The van der Waals surface area contributed by atoms with Crippen molar-refractivity contribution in [3.05, 3.63) is 68.0 Å². The van der Waals surface area contributed by atoms with Gasteiger partial charge in [-0.2, -0.15) is 0 Å². The average molecular weight is 380 g/mol. The third-order valence-electron chi connectivity index (χ3n) is 5.04. The highest BCUT2D eigenvalue weighted by atomic mass is 32.1. The molecule has 0 fully saturated rings. The first-order valence-corrected chi connectivity index (χ1v) is 9.90. The van der Waals surface area contributed by atoms with Gasteiger partial charge in [-0.05, 0) is 48.9 Å². The third-order valence-corrected chi connectivity index (χ3v) is 6.03. The number of non-ortho nitro benzene ring substituents is 1. The predicted octanol–water partition coefficient (Wildman–Crippen LogP) is 4.80. The SMILES string of the molecule is CCc1cc(N2CCc3sccc3[C@H]2C)nc(-c2ccc([N+](=O)[O-])cc2)n1. The van der Waals surface area contributed by atoms with Gasteiger partial charge >= 0.3 is 0 Å². The molecule has 3 heterocycles. The van der Waals surface area contributed by atoms with E-state index in [1.807, 2.05) is 11.3 Å². The van der Waals surface area contributed by atoms with Crippen LogP contribution in [0.5, 0.6) is 0 Å². The molecule has 1 aliphatic rings. The largest absolute Gasteiger partial charge is 0.349 e. The molecular weight excluding hydrogens is 360 g/mol. The Kier molecular flexibility index (Phi) is 4.61. The molecular formula is C20H20N4O2S. The summed E-state index contributed by atoms with van der Waals surface area (Å²) < 4.78 is 0. The van der Waals surface area contributed by atoms with Crippen LogP contribution in [-0.4, -0.2) is 21.4 Å². The number of anilines is 1. The van der Waals surface area contributed by atoms with Gasteiger partial charge in [0, 0.05) is 40.9 Å².